The lowest BCUT2D eigenvalue weighted by Crippen LogP contribution is -2.48. The Kier molecular flexibility index (Phi) is 6.80. The van der Waals surface area contributed by atoms with Crippen molar-refractivity contribution in [2.24, 2.45) is 0 Å². The molecule has 0 bridgehead atoms. The maximum atomic E-state index is 12.7. The molecule has 2 aromatic carbocycles. The molecule has 2 aromatic rings. The number of rotatable bonds is 6. The van der Waals surface area contributed by atoms with Gasteiger partial charge < -0.3 is 5.32 Å². The highest BCUT2D eigenvalue weighted by molar-refractivity contribution is 8.00. The predicted molar refractivity (Wildman–Crippen MR) is 113 cm³/mol. The standard InChI is InChI=1S/C21H26N2O3S2/c1-16-8-10-19(11-9-16)27-17(2)21(24)22-18-12-14-23(15-13-18)28(25,26)20-6-4-3-5-7-20/h3-11,17-18H,12-15H2,1-2H3,(H,22,24). The molecule has 150 valence electrons. The van der Waals surface area contributed by atoms with Crippen LogP contribution in [0.3, 0.4) is 0 Å². The van der Waals surface area contributed by atoms with Crippen molar-refractivity contribution in [3.05, 3.63) is 60.2 Å². The van der Waals surface area contributed by atoms with Crippen LogP contribution in [0.4, 0.5) is 0 Å². The van der Waals surface area contributed by atoms with Gasteiger partial charge in [-0.2, -0.15) is 4.31 Å². The number of hydrogen-bond acceptors (Lipinski definition) is 4. The second-order valence-electron chi connectivity index (χ2n) is 7.07. The van der Waals surface area contributed by atoms with E-state index in [1.165, 1.54) is 21.6 Å². The van der Waals surface area contributed by atoms with Gasteiger partial charge in [-0.3, -0.25) is 4.79 Å². The van der Waals surface area contributed by atoms with Crippen LogP contribution in [-0.2, 0) is 14.8 Å². The third-order valence-corrected chi connectivity index (χ3v) is 7.91. The van der Waals surface area contributed by atoms with Gasteiger partial charge in [0.05, 0.1) is 10.1 Å². The van der Waals surface area contributed by atoms with E-state index < -0.39 is 10.0 Å². The highest BCUT2D eigenvalue weighted by Gasteiger charge is 2.30. The van der Waals surface area contributed by atoms with Crippen molar-refractivity contribution >= 4 is 27.7 Å². The number of aryl methyl sites for hydroxylation is 1. The molecule has 1 N–H and O–H groups in total. The first kappa shape index (κ1) is 20.9. The predicted octanol–water partition coefficient (Wildman–Crippen LogP) is 3.45. The van der Waals surface area contributed by atoms with Crippen LogP contribution in [0, 0.1) is 6.92 Å². The molecule has 0 radical (unpaired) electrons. The molecule has 3 rings (SSSR count). The Hall–Kier alpha value is -1.83. The third kappa shape index (κ3) is 5.16. The molecule has 1 saturated heterocycles. The highest BCUT2D eigenvalue weighted by atomic mass is 32.2. The topological polar surface area (TPSA) is 66.5 Å². The molecule has 1 unspecified atom stereocenters. The van der Waals surface area contributed by atoms with E-state index in [0.29, 0.717) is 30.8 Å². The monoisotopic (exact) mass is 418 g/mol. The van der Waals surface area contributed by atoms with Gasteiger partial charge in [0, 0.05) is 24.0 Å². The highest BCUT2D eigenvalue weighted by Crippen LogP contribution is 2.25. The van der Waals surface area contributed by atoms with Crippen molar-refractivity contribution in [2.75, 3.05) is 13.1 Å². The van der Waals surface area contributed by atoms with Crippen LogP contribution < -0.4 is 5.32 Å². The summed E-state index contributed by atoms with van der Waals surface area (Å²) in [5.41, 5.74) is 1.19. The molecule has 0 saturated carbocycles. The quantitative estimate of drug-likeness (QED) is 0.730. The van der Waals surface area contributed by atoms with Crippen LogP contribution in [-0.4, -0.2) is 43.0 Å². The summed E-state index contributed by atoms with van der Waals surface area (Å²) in [4.78, 5) is 13.9. The number of hydrogen-bond donors (Lipinski definition) is 1. The molecule has 1 aliphatic heterocycles. The minimum atomic E-state index is -3.46. The van der Waals surface area contributed by atoms with E-state index in [0.717, 1.165) is 4.90 Å². The zero-order chi connectivity index (χ0) is 20.1. The largest absolute Gasteiger partial charge is 0.352 e. The van der Waals surface area contributed by atoms with Gasteiger partial charge >= 0.3 is 0 Å². The van der Waals surface area contributed by atoms with E-state index in [9.17, 15) is 13.2 Å². The Labute approximate surface area is 171 Å². The number of thioether (sulfide) groups is 1. The molecule has 0 aliphatic carbocycles. The summed E-state index contributed by atoms with van der Waals surface area (Å²) >= 11 is 1.53. The minimum Gasteiger partial charge on any atom is -0.352 e. The first-order chi connectivity index (χ1) is 13.4. The molecular weight excluding hydrogens is 392 g/mol. The minimum absolute atomic E-state index is 0.00468. The summed E-state index contributed by atoms with van der Waals surface area (Å²) in [6, 6.07) is 16.6. The van der Waals surface area contributed by atoms with E-state index in [2.05, 4.69) is 5.32 Å². The molecule has 7 heteroatoms. The lowest BCUT2D eigenvalue weighted by molar-refractivity contribution is -0.121. The Balaban J connectivity index is 1.51. The molecule has 28 heavy (non-hydrogen) atoms. The lowest BCUT2D eigenvalue weighted by Gasteiger charge is -2.32. The number of sulfonamides is 1. The smallest absolute Gasteiger partial charge is 0.243 e. The molecule has 1 fully saturated rings. The van der Waals surface area contributed by atoms with Gasteiger partial charge in [-0.05, 0) is 51.0 Å². The summed E-state index contributed by atoms with van der Waals surface area (Å²) in [6.07, 6.45) is 1.25. The first-order valence-electron chi connectivity index (χ1n) is 9.45. The molecule has 5 nitrogen and oxygen atoms in total. The second-order valence-corrected chi connectivity index (χ2v) is 10.4. The van der Waals surface area contributed by atoms with Crippen LogP contribution in [0.5, 0.6) is 0 Å². The zero-order valence-corrected chi connectivity index (χ0v) is 17.8. The van der Waals surface area contributed by atoms with Crippen molar-refractivity contribution in [2.45, 2.75) is 47.8 Å². The van der Waals surface area contributed by atoms with Crippen LogP contribution in [0.25, 0.3) is 0 Å². The van der Waals surface area contributed by atoms with Gasteiger partial charge in [-0.1, -0.05) is 35.9 Å². The van der Waals surface area contributed by atoms with E-state index >= 15 is 0 Å². The average molecular weight is 419 g/mol. The molecule has 1 heterocycles. The van der Waals surface area contributed by atoms with E-state index in [-0.39, 0.29) is 17.2 Å². The molecule has 0 aromatic heterocycles. The zero-order valence-electron chi connectivity index (χ0n) is 16.2. The van der Waals surface area contributed by atoms with Crippen molar-refractivity contribution in [1.82, 2.24) is 9.62 Å². The number of carbonyl (C=O) groups is 1. The summed E-state index contributed by atoms with van der Waals surface area (Å²) < 4.78 is 26.9. The van der Waals surface area contributed by atoms with E-state index in [4.69, 9.17) is 0 Å². The van der Waals surface area contributed by atoms with Crippen molar-refractivity contribution in [1.29, 1.82) is 0 Å². The SMILES string of the molecule is Cc1ccc(SC(C)C(=O)NC2CCN(S(=O)(=O)c3ccccc3)CC2)cc1. The molecular formula is C21H26N2O3S2. The van der Waals surface area contributed by atoms with Crippen LogP contribution >= 0.6 is 11.8 Å². The number of amides is 1. The Morgan fingerprint density at radius 2 is 1.68 bits per heavy atom. The van der Waals surface area contributed by atoms with Gasteiger partial charge in [0.2, 0.25) is 15.9 Å². The normalized spacial score (nSPS) is 17.2. The van der Waals surface area contributed by atoms with Gasteiger partial charge in [0.25, 0.3) is 0 Å². The van der Waals surface area contributed by atoms with Crippen molar-refractivity contribution in [3.8, 4) is 0 Å². The fourth-order valence-electron chi connectivity index (χ4n) is 3.18. The van der Waals surface area contributed by atoms with Crippen LogP contribution in [0.15, 0.2) is 64.4 Å². The first-order valence-corrected chi connectivity index (χ1v) is 11.8. The Morgan fingerprint density at radius 3 is 2.29 bits per heavy atom. The summed E-state index contributed by atoms with van der Waals surface area (Å²) in [6.45, 7) is 4.77. The van der Waals surface area contributed by atoms with E-state index in [1.54, 1.807) is 30.3 Å². The number of nitrogens with one attached hydrogen (secondary N) is 1. The van der Waals surface area contributed by atoms with Gasteiger partial charge in [-0.15, -0.1) is 11.8 Å². The fourth-order valence-corrected chi connectivity index (χ4v) is 5.54. The lowest BCUT2D eigenvalue weighted by atomic mass is 10.1. The van der Waals surface area contributed by atoms with Crippen molar-refractivity contribution in [3.63, 3.8) is 0 Å². The van der Waals surface area contributed by atoms with Gasteiger partial charge in [0.1, 0.15) is 0 Å². The van der Waals surface area contributed by atoms with Gasteiger partial charge in [0.15, 0.2) is 0 Å². The fraction of sp³-hybridized carbons (Fsp3) is 0.381. The summed E-state index contributed by atoms with van der Waals surface area (Å²) in [5, 5.41) is 2.88. The van der Waals surface area contributed by atoms with Crippen LogP contribution in [0.1, 0.15) is 25.3 Å². The Morgan fingerprint density at radius 1 is 1.07 bits per heavy atom. The molecule has 1 atom stereocenters. The number of carbonyl (C=O) groups excluding carboxylic acids is 1. The number of benzene rings is 2. The second kappa shape index (κ2) is 9.11. The number of piperidine rings is 1. The molecule has 1 aliphatic rings. The Bertz CT molecular complexity index is 891. The summed E-state index contributed by atoms with van der Waals surface area (Å²) in [5.74, 6) is -0.00468. The maximum Gasteiger partial charge on any atom is 0.243 e. The van der Waals surface area contributed by atoms with Crippen molar-refractivity contribution < 1.29 is 13.2 Å². The molecule has 0 spiro atoms. The van der Waals surface area contributed by atoms with E-state index in [1.807, 2.05) is 38.1 Å². The van der Waals surface area contributed by atoms with Gasteiger partial charge in [-0.25, -0.2) is 8.42 Å². The van der Waals surface area contributed by atoms with Crippen LogP contribution in [0.2, 0.25) is 0 Å². The number of nitrogens with zero attached hydrogens (tertiary/aromatic N) is 1. The molecule has 1 amide bonds. The maximum absolute atomic E-state index is 12.7. The average Bonchev–Trinajstić information content (AvgIpc) is 2.70. The third-order valence-electron chi connectivity index (χ3n) is 4.88. The summed E-state index contributed by atoms with van der Waals surface area (Å²) in [7, 11) is -3.46.